The lowest BCUT2D eigenvalue weighted by Crippen LogP contribution is -3.12. The first-order valence-electron chi connectivity index (χ1n) is 7.10. The molecule has 3 rings (SSSR count). The third-order valence-corrected chi connectivity index (χ3v) is 4.78. The van der Waals surface area contributed by atoms with Crippen LogP contribution in [0.5, 0.6) is 0 Å². The van der Waals surface area contributed by atoms with Crippen molar-refractivity contribution in [3.63, 3.8) is 0 Å². The second kappa shape index (κ2) is 5.84. The summed E-state index contributed by atoms with van der Waals surface area (Å²) in [6, 6.07) is 10.0. The molecule has 2 N–H and O–H groups in total. The number of likely N-dealkylation sites (N-methyl/N-ethyl adjacent to an activating group) is 1. The molecule has 0 aliphatic carbocycles. The van der Waals surface area contributed by atoms with Gasteiger partial charge in [0, 0.05) is 28.2 Å². The Bertz CT molecular complexity index is 745. The van der Waals surface area contributed by atoms with E-state index in [0.717, 1.165) is 23.0 Å². The van der Waals surface area contributed by atoms with Gasteiger partial charge in [-0.05, 0) is 29.8 Å². The average Bonchev–Trinajstić information content (AvgIpc) is 3.14. The largest absolute Gasteiger partial charge is 0.360 e. The van der Waals surface area contributed by atoms with Crippen molar-refractivity contribution in [2.24, 2.45) is 0 Å². The third kappa shape index (κ3) is 2.77. The maximum atomic E-state index is 12.8. The SMILES string of the molecule is C[C@@H](C(=O)c1c[nH]c2ccccc12)[NH+](C)Cc1ccsc1. The molecule has 2 heterocycles. The number of ketones is 1. The first-order valence-corrected chi connectivity index (χ1v) is 8.05. The van der Waals surface area contributed by atoms with Crippen molar-refractivity contribution in [1.82, 2.24) is 4.98 Å². The van der Waals surface area contributed by atoms with Crippen LogP contribution in [0.3, 0.4) is 0 Å². The molecule has 2 aromatic heterocycles. The van der Waals surface area contributed by atoms with E-state index in [-0.39, 0.29) is 11.8 Å². The number of hydrogen-bond donors (Lipinski definition) is 2. The summed E-state index contributed by atoms with van der Waals surface area (Å²) in [5, 5.41) is 5.24. The molecule has 0 spiro atoms. The molecule has 0 saturated carbocycles. The molecule has 0 bridgehead atoms. The van der Waals surface area contributed by atoms with Crippen LogP contribution in [-0.4, -0.2) is 23.9 Å². The van der Waals surface area contributed by atoms with E-state index >= 15 is 0 Å². The molecule has 2 atom stereocenters. The van der Waals surface area contributed by atoms with Crippen molar-refractivity contribution in [3.05, 3.63) is 58.4 Å². The van der Waals surface area contributed by atoms with Crippen LogP contribution >= 0.6 is 11.3 Å². The number of rotatable bonds is 5. The zero-order valence-electron chi connectivity index (χ0n) is 12.2. The highest BCUT2D eigenvalue weighted by molar-refractivity contribution is 7.07. The quantitative estimate of drug-likeness (QED) is 0.698. The van der Waals surface area contributed by atoms with Crippen molar-refractivity contribution in [2.45, 2.75) is 19.5 Å². The van der Waals surface area contributed by atoms with E-state index in [9.17, 15) is 4.79 Å². The lowest BCUT2D eigenvalue weighted by atomic mass is 10.0. The van der Waals surface area contributed by atoms with Crippen molar-refractivity contribution in [2.75, 3.05) is 7.05 Å². The highest BCUT2D eigenvalue weighted by Gasteiger charge is 2.25. The van der Waals surface area contributed by atoms with Crippen LogP contribution in [-0.2, 0) is 6.54 Å². The Morgan fingerprint density at radius 1 is 1.33 bits per heavy atom. The second-order valence-corrected chi connectivity index (χ2v) is 6.27. The number of para-hydroxylation sites is 1. The number of fused-ring (bicyclic) bond motifs is 1. The van der Waals surface area contributed by atoms with Crippen LogP contribution in [0.15, 0.2) is 47.3 Å². The molecular formula is C17H19N2OS+. The topological polar surface area (TPSA) is 37.3 Å². The molecule has 21 heavy (non-hydrogen) atoms. The van der Waals surface area contributed by atoms with Gasteiger partial charge in [-0.2, -0.15) is 11.3 Å². The van der Waals surface area contributed by atoms with Gasteiger partial charge in [0.05, 0.1) is 7.05 Å². The van der Waals surface area contributed by atoms with E-state index in [1.54, 1.807) is 11.3 Å². The summed E-state index contributed by atoms with van der Waals surface area (Å²) >= 11 is 1.70. The molecular weight excluding hydrogens is 280 g/mol. The van der Waals surface area contributed by atoms with Crippen molar-refractivity contribution >= 4 is 28.0 Å². The van der Waals surface area contributed by atoms with Crippen LogP contribution in [0.25, 0.3) is 10.9 Å². The van der Waals surface area contributed by atoms with Gasteiger partial charge in [0.1, 0.15) is 12.6 Å². The molecule has 0 aliphatic rings. The van der Waals surface area contributed by atoms with Gasteiger partial charge in [-0.25, -0.2) is 0 Å². The number of carbonyl (C=O) groups is 1. The lowest BCUT2D eigenvalue weighted by molar-refractivity contribution is -0.907. The lowest BCUT2D eigenvalue weighted by Gasteiger charge is -2.20. The van der Waals surface area contributed by atoms with E-state index in [1.807, 2.05) is 37.4 Å². The summed E-state index contributed by atoms with van der Waals surface area (Å²) in [5.41, 5.74) is 3.10. The van der Waals surface area contributed by atoms with E-state index in [1.165, 1.54) is 10.5 Å². The molecule has 0 amide bonds. The number of hydrogen-bond acceptors (Lipinski definition) is 2. The van der Waals surface area contributed by atoms with Crippen molar-refractivity contribution < 1.29 is 9.69 Å². The van der Waals surface area contributed by atoms with Gasteiger partial charge in [-0.1, -0.05) is 18.2 Å². The summed E-state index contributed by atoms with van der Waals surface area (Å²) in [6.45, 7) is 2.88. The predicted octanol–water partition coefficient (Wildman–Crippen LogP) is 2.52. The molecule has 4 heteroatoms. The van der Waals surface area contributed by atoms with Crippen molar-refractivity contribution in [3.8, 4) is 0 Å². The Hall–Kier alpha value is -1.91. The summed E-state index contributed by atoms with van der Waals surface area (Å²) < 4.78 is 0. The number of carbonyl (C=O) groups excluding carboxylic acids is 1. The Morgan fingerprint density at radius 3 is 2.90 bits per heavy atom. The first kappa shape index (κ1) is 14.0. The Labute approximate surface area is 128 Å². The summed E-state index contributed by atoms with van der Waals surface area (Å²) in [4.78, 5) is 17.1. The van der Waals surface area contributed by atoms with E-state index in [4.69, 9.17) is 0 Å². The summed E-state index contributed by atoms with van der Waals surface area (Å²) in [7, 11) is 2.08. The monoisotopic (exact) mass is 299 g/mol. The molecule has 0 saturated heterocycles. The minimum atomic E-state index is -0.0656. The molecule has 3 nitrogen and oxygen atoms in total. The zero-order chi connectivity index (χ0) is 14.8. The number of quaternary nitrogens is 1. The Balaban J connectivity index is 1.80. The number of thiophene rings is 1. The highest BCUT2D eigenvalue weighted by atomic mass is 32.1. The number of aromatic amines is 1. The first-order chi connectivity index (χ1) is 10.2. The molecule has 1 unspecified atom stereocenters. The van der Waals surface area contributed by atoms with E-state index in [2.05, 4.69) is 28.9 Å². The van der Waals surface area contributed by atoms with Gasteiger partial charge >= 0.3 is 0 Å². The molecule has 1 aromatic carbocycles. The number of Topliss-reactive ketones (excluding diaryl/α,β-unsaturated/α-hetero) is 1. The smallest absolute Gasteiger partial charge is 0.221 e. The minimum Gasteiger partial charge on any atom is -0.360 e. The molecule has 0 aliphatic heterocycles. The van der Waals surface area contributed by atoms with Gasteiger partial charge in [-0.3, -0.25) is 4.79 Å². The fourth-order valence-corrected chi connectivity index (χ4v) is 3.27. The van der Waals surface area contributed by atoms with Crippen LogP contribution in [0.2, 0.25) is 0 Å². The standard InChI is InChI=1S/C17H18N2OS/c1-12(19(2)10-13-7-8-21-11-13)17(20)15-9-18-16-6-4-3-5-14(15)16/h3-9,11-12,18H,10H2,1-2H3/p+1/t12-/m0/s1. The fourth-order valence-electron chi connectivity index (χ4n) is 2.60. The zero-order valence-corrected chi connectivity index (χ0v) is 13.0. The van der Waals surface area contributed by atoms with Crippen LogP contribution in [0, 0.1) is 0 Å². The number of nitrogens with one attached hydrogen (secondary N) is 2. The number of aromatic nitrogens is 1. The second-order valence-electron chi connectivity index (χ2n) is 5.49. The van der Waals surface area contributed by atoms with Gasteiger partial charge in [-0.15, -0.1) is 0 Å². The Morgan fingerprint density at radius 2 is 2.14 bits per heavy atom. The van der Waals surface area contributed by atoms with Gasteiger partial charge in [0.25, 0.3) is 0 Å². The summed E-state index contributed by atoms with van der Waals surface area (Å²) in [6.07, 6.45) is 1.83. The molecule has 0 fully saturated rings. The van der Waals surface area contributed by atoms with Gasteiger partial charge in [0.2, 0.25) is 5.78 Å². The number of benzene rings is 1. The highest BCUT2D eigenvalue weighted by Crippen LogP contribution is 2.18. The molecule has 108 valence electrons. The van der Waals surface area contributed by atoms with Gasteiger partial charge < -0.3 is 9.88 Å². The van der Waals surface area contributed by atoms with Crippen LogP contribution in [0.1, 0.15) is 22.8 Å². The predicted molar refractivity (Wildman–Crippen MR) is 87.0 cm³/mol. The number of H-pyrrole nitrogens is 1. The van der Waals surface area contributed by atoms with Gasteiger partial charge in [0.15, 0.2) is 0 Å². The fraction of sp³-hybridized carbons (Fsp3) is 0.235. The third-order valence-electron chi connectivity index (χ3n) is 4.05. The maximum absolute atomic E-state index is 12.8. The average molecular weight is 299 g/mol. The molecule has 3 aromatic rings. The van der Waals surface area contributed by atoms with E-state index in [0.29, 0.717) is 0 Å². The normalized spacial score (nSPS) is 14.2. The minimum absolute atomic E-state index is 0.0656. The van der Waals surface area contributed by atoms with Crippen LogP contribution in [0.4, 0.5) is 0 Å². The Kier molecular flexibility index (Phi) is 3.90. The van der Waals surface area contributed by atoms with Crippen LogP contribution < -0.4 is 4.90 Å². The maximum Gasteiger partial charge on any atom is 0.221 e. The summed E-state index contributed by atoms with van der Waals surface area (Å²) in [5.74, 6) is 0.195. The van der Waals surface area contributed by atoms with Crippen molar-refractivity contribution in [1.29, 1.82) is 0 Å². The molecule has 0 radical (unpaired) electrons. The van der Waals surface area contributed by atoms with E-state index < -0.39 is 0 Å².